The van der Waals surface area contributed by atoms with E-state index < -0.39 is 10.0 Å². The molecule has 0 saturated heterocycles. The van der Waals surface area contributed by atoms with Crippen LogP contribution in [0.1, 0.15) is 24.8 Å². The van der Waals surface area contributed by atoms with Crippen molar-refractivity contribution in [1.82, 2.24) is 4.31 Å². The SMILES string of the molecule is Cc1c(N)cc(S(=O)(=O)N(CCC#N)C2CC2)cc1Cl. The highest BCUT2D eigenvalue weighted by Gasteiger charge is 2.38. The zero-order valence-corrected chi connectivity index (χ0v) is 12.7. The molecule has 108 valence electrons. The molecular formula is C13H16ClN3O2S. The molecule has 0 atom stereocenters. The van der Waals surface area contributed by atoms with Crippen molar-refractivity contribution in [2.45, 2.75) is 37.1 Å². The Bertz CT molecular complexity index is 640. The minimum Gasteiger partial charge on any atom is -0.398 e. The summed E-state index contributed by atoms with van der Waals surface area (Å²) in [5.74, 6) is 0. The van der Waals surface area contributed by atoms with E-state index in [1.807, 2.05) is 6.07 Å². The number of rotatable bonds is 5. The van der Waals surface area contributed by atoms with Gasteiger partial charge in [-0.05, 0) is 37.5 Å². The Morgan fingerprint density at radius 3 is 2.65 bits per heavy atom. The number of hydrogen-bond acceptors (Lipinski definition) is 4. The van der Waals surface area contributed by atoms with Crippen LogP contribution >= 0.6 is 11.6 Å². The summed E-state index contributed by atoms with van der Waals surface area (Å²) in [5.41, 5.74) is 6.81. The van der Waals surface area contributed by atoms with Gasteiger partial charge in [-0.25, -0.2) is 8.42 Å². The monoisotopic (exact) mass is 313 g/mol. The lowest BCUT2D eigenvalue weighted by Crippen LogP contribution is -2.34. The summed E-state index contributed by atoms with van der Waals surface area (Å²) in [6.07, 6.45) is 1.84. The van der Waals surface area contributed by atoms with Crippen LogP contribution in [-0.2, 0) is 10.0 Å². The van der Waals surface area contributed by atoms with Gasteiger partial charge in [-0.15, -0.1) is 0 Å². The van der Waals surface area contributed by atoms with Crippen molar-refractivity contribution < 1.29 is 8.42 Å². The molecule has 0 radical (unpaired) electrons. The molecule has 0 aliphatic heterocycles. The maximum Gasteiger partial charge on any atom is 0.243 e. The second kappa shape index (κ2) is 5.60. The Morgan fingerprint density at radius 2 is 2.15 bits per heavy atom. The Kier molecular flexibility index (Phi) is 4.23. The van der Waals surface area contributed by atoms with Crippen molar-refractivity contribution in [2.24, 2.45) is 0 Å². The molecule has 1 aliphatic rings. The van der Waals surface area contributed by atoms with Crippen molar-refractivity contribution in [1.29, 1.82) is 5.26 Å². The number of hydrogen-bond donors (Lipinski definition) is 1. The van der Waals surface area contributed by atoms with E-state index in [1.165, 1.54) is 16.4 Å². The van der Waals surface area contributed by atoms with Crippen LogP contribution in [0, 0.1) is 18.3 Å². The van der Waals surface area contributed by atoms with Crippen LogP contribution < -0.4 is 5.73 Å². The van der Waals surface area contributed by atoms with E-state index in [2.05, 4.69) is 0 Å². The van der Waals surface area contributed by atoms with Crippen LogP contribution in [0.2, 0.25) is 5.02 Å². The predicted molar refractivity (Wildman–Crippen MR) is 77.7 cm³/mol. The van der Waals surface area contributed by atoms with Gasteiger partial charge in [-0.2, -0.15) is 9.57 Å². The van der Waals surface area contributed by atoms with E-state index >= 15 is 0 Å². The third-order valence-electron chi connectivity index (χ3n) is 3.36. The van der Waals surface area contributed by atoms with Crippen molar-refractivity contribution in [3.05, 3.63) is 22.7 Å². The number of benzene rings is 1. The zero-order chi connectivity index (χ0) is 14.9. The Balaban J connectivity index is 2.40. The molecule has 7 heteroatoms. The van der Waals surface area contributed by atoms with Gasteiger partial charge in [0.2, 0.25) is 10.0 Å². The van der Waals surface area contributed by atoms with E-state index in [1.54, 1.807) is 6.92 Å². The first-order valence-corrected chi connectivity index (χ1v) is 8.14. The molecule has 0 unspecified atom stereocenters. The van der Waals surface area contributed by atoms with Crippen LogP contribution in [0.4, 0.5) is 5.69 Å². The molecule has 0 amide bonds. The van der Waals surface area contributed by atoms with Gasteiger partial charge in [0.05, 0.1) is 11.0 Å². The van der Waals surface area contributed by atoms with Gasteiger partial charge >= 0.3 is 0 Å². The second-order valence-electron chi connectivity index (χ2n) is 4.87. The van der Waals surface area contributed by atoms with Crippen LogP contribution in [0.25, 0.3) is 0 Å². The van der Waals surface area contributed by atoms with Crippen molar-refractivity contribution in [3.63, 3.8) is 0 Å². The van der Waals surface area contributed by atoms with Crippen LogP contribution in [-0.4, -0.2) is 25.3 Å². The van der Waals surface area contributed by atoms with Crippen LogP contribution in [0.15, 0.2) is 17.0 Å². The number of anilines is 1. The van der Waals surface area contributed by atoms with E-state index in [-0.39, 0.29) is 23.9 Å². The van der Waals surface area contributed by atoms with Gasteiger partial charge in [0.1, 0.15) is 0 Å². The van der Waals surface area contributed by atoms with E-state index in [0.717, 1.165) is 12.8 Å². The topological polar surface area (TPSA) is 87.2 Å². The first kappa shape index (κ1) is 15.1. The maximum atomic E-state index is 12.6. The van der Waals surface area contributed by atoms with Crippen molar-refractivity contribution in [3.8, 4) is 6.07 Å². The third kappa shape index (κ3) is 2.90. The lowest BCUT2D eigenvalue weighted by Gasteiger charge is -2.21. The molecule has 1 aliphatic carbocycles. The molecular weight excluding hydrogens is 298 g/mol. The molecule has 1 aromatic carbocycles. The van der Waals surface area contributed by atoms with Gasteiger partial charge < -0.3 is 5.73 Å². The fourth-order valence-corrected chi connectivity index (χ4v) is 4.02. The fourth-order valence-electron chi connectivity index (χ4n) is 1.98. The second-order valence-corrected chi connectivity index (χ2v) is 7.17. The highest BCUT2D eigenvalue weighted by Crippen LogP contribution is 2.34. The highest BCUT2D eigenvalue weighted by atomic mass is 35.5. The van der Waals surface area contributed by atoms with Gasteiger partial charge in [-0.3, -0.25) is 0 Å². The van der Waals surface area contributed by atoms with E-state index in [0.29, 0.717) is 16.3 Å². The molecule has 2 N–H and O–H groups in total. The Hall–Kier alpha value is -1.29. The molecule has 2 rings (SSSR count). The Labute approximate surface area is 124 Å². The zero-order valence-electron chi connectivity index (χ0n) is 11.1. The average molecular weight is 314 g/mol. The minimum absolute atomic E-state index is 0.00495. The Morgan fingerprint density at radius 1 is 1.50 bits per heavy atom. The summed E-state index contributed by atoms with van der Waals surface area (Å²) in [6.45, 7) is 1.94. The van der Waals surface area contributed by atoms with Crippen LogP contribution in [0.3, 0.4) is 0 Å². The first-order chi connectivity index (χ1) is 9.37. The molecule has 0 heterocycles. The molecule has 1 fully saturated rings. The number of nitriles is 1. The summed E-state index contributed by atoms with van der Waals surface area (Å²) in [7, 11) is -3.65. The minimum atomic E-state index is -3.65. The lowest BCUT2D eigenvalue weighted by atomic mass is 10.2. The molecule has 0 spiro atoms. The van der Waals surface area contributed by atoms with Crippen molar-refractivity contribution in [2.75, 3.05) is 12.3 Å². The van der Waals surface area contributed by atoms with Gasteiger partial charge in [0, 0.05) is 29.7 Å². The summed E-state index contributed by atoms with van der Waals surface area (Å²) < 4.78 is 26.7. The maximum absolute atomic E-state index is 12.6. The van der Waals surface area contributed by atoms with Crippen molar-refractivity contribution >= 4 is 27.3 Å². The number of nitrogens with zero attached hydrogens (tertiary/aromatic N) is 2. The first-order valence-electron chi connectivity index (χ1n) is 6.32. The molecule has 0 aromatic heterocycles. The third-order valence-corrected chi connectivity index (χ3v) is 5.68. The summed E-state index contributed by atoms with van der Waals surface area (Å²) in [4.78, 5) is 0.0930. The smallest absolute Gasteiger partial charge is 0.243 e. The summed E-state index contributed by atoms with van der Waals surface area (Å²) in [6, 6.07) is 4.82. The molecule has 5 nitrogen and oxygen atoms in total. The summed E-state index contributed by atoms with van der Waals surface area (Å²) in [5, 5.41) is 9.00. The van der Waals surface area contributed by atoms with Gasteiger partial charge in [0.15, 0.2) is 0 Å². The number of nitrogens with two attached hydrogens (primary N) is 1. The summed E-state index contributed by atoms with van der Waals surface area (Å²) >= 11 is 6.01. The number of nitrogen functional groups attached to an aromatic ring is 1. The van der Waals surface area contributed by atoms with E-state index in [4.69, 9.17) is 22.6 Å². The fraction of sp³-hybridized carbons (Fsp3) is 0.462. The quantitative estimate of drug-likeness (QED) is 0.845. The molecule has 1 aromatic rings. The average Bonchev–Trinajstić information content (AvgIpc) is 3.20. The lowest BCUT2D eigenvalue weighted by molar-refractivity contribution is 0.411. The highest BCUT2D eigenvalue weighted by molar-refractivity contribution is 7.89. The van der Waals surface area contributed by atoms with E-state index in [9.17, 15) is 8.42 Å². The van der Waals surface area contributed by atoms with Gasteiger partial charge in [-0.1, -0.05) is 11.6 Å². The molecule has 0 bridgehead atoms. The number of halogens is 1. The normalized spacial score (nSPS) is 15.3. The molecule has 20 heavy (non-hydrogen) atoms. The van der Waals surface area contributed by atoms with Gasteiger partial charge in [0.25, 0.3) is 0 Å². The largest absolute Gasteiger partial charge is 0.398 e. The predicted octanol–water partition coefficient (Wildman–Crippen LogP) is 2.30. The molecule has 1 saturated carbocycles. The van der Waals surface area contributed by atoms with Crippen LogP contribution in [0.5, 0.6) is 0 Å². The standard InChI is InChI=1S/C13H16ClN3O2S/c1-9-12(14)7-11(8-13(9)16)20(18,19)17(6-2-5-15)10-3-4-10/h7-8,10H,2-4,6,16H2,1H3. The number of sulfonamides is 1.